The summed E-state index contributed by atoms with van der Waals surface area (Å²) >= 11 is 0. The van der Waals surface area contributed by atoms with Gasteiger partial charge in [-0.2, -0.15) is 9.97 Å². The second kappa shape index (κ2) is 6.74. The van der Waals surface area contributed by atoms with Crippen molar-refractivity contribution in [2.45, 2.75) is 32.7 Å². The van der Waals surface area contributed by atoms with Gasteiger partial charge in [-0.25, -0.2) is 0 Å². The lowest BCUT2D eigenvalue weighted by Crippen LogP contribution is -2.44. The molecule has 112 valence electrons. The Balaban J connectivity index is 2.10. The fourth-order valence-corrected chi connectivity index (χ4v) is 2.43. The van der Waals surface area contributed by atoms with Crippen molar-refractivity contribution in [3.05, 3.63) is 6.07 Å². The number of nitrogen functional groups attached to an aromatic ring is 1. The minimum Gasteiger partial charge on any atom is -0.370 e. The number of hydrogen-bond acceptors (Lipinski definition) is 6. The van der Waals surface area contributed by atoms with Crippen molar-refractivity contribution in [3.63, 3.8) is 0 Å². The van der Waals surface area contributed by atoms with Crippen LogP contribution in [-0.4, -0.2) is 42.7 Å². The summed E-state index contributed by atoms with van der Waals surface area (Å²) in [5.74, 6) is 2.63. The van der Waals surface area contributed by atoms with Crippen LogP contribution < -0.4 is 21.3 Å². The molecule has 1 aliphatic heterocycles. The first kappa shape index (κ1) is 14.8. The van der Waals surface area contributed by atoms with Gasteiger partial charge in [-0.05, 0) is 25.8 Å². The van der Waals surface area contributed by atoms with Crippen LogP contribution in [0.1, 0.15) is 26.7 Å². The van der Waals surface area contributed by atoms with Crippen LogP contribution in [0.2, 0.25) is 0 Å². The van der Waals surface area contributed by atoms with Gasteiger partial charge in [0.2, 0.25) is 5.95 Å². The van der Waals surface area contributed by atoms with Gasteiger partial charge in [0.05, 0.1) is 0 Å². The highest BCUT2D eigenvalue weighted by atomic mass is 15.2. The zero-order valence-corrected chi connectivity index (χ0v) is 12.7. The summed E-state index contributed by atoms with van der Waals surface area (Å²) in [5, 5.41) is 6.66. The molecule has 1 atom stereocenters. The lowest BCUT2D eigenvalue weighted by molar-refractivity contribution is 0.447. The summed E-state index contributed by atoms with van der Waals surface area (Å²) in [6.45, 7) is 7.21. The maximum Gasteiger partial charge on any atom is 0.223 e. The molecule has 4 N–H and O–H groups in total. The highest BCUT2D eigenvalue weighted by molar-refractivity contribution is 5.53. The first-order chi connectivity index (χ1) is 9.58. The molecule has 1 fully saturated rings. The normalized spacial score (nSPS) is 19.4. The van der Waals surface area contributed by atoms with E-state index in [0.29, 0.717) is 17.9 Å². The van der Waals surface area contributed by atoms with Crippen LogP contribution in [0.25, 0.3) is 0 Å². The quantitative estimate of drug-likeness (QED) is 0.754. The molecule has 0 radical (unpaired) electrons. The van der Waals surface area contributed by atoms with Gasteiger partial charge in [-0.3, -0.25) is 0 Å². The van der Waals surface area contributed by atoms with E-state index in [0.717, 1.165) is 31.3 Å². The largest absolute Gasteiger partial charge is 0.370 e. The van der Waals surface area contributed by atoms with Gasteiger partial charge in [-0.1, -0.05) is 13.8 Å². The molecule has 0 aromatic carbocycles. The molecule has 1 aromatic rings. The molecule has 0 aliphatic carbocycles. The zero-order valence-electron chi connectivity index (χ0n) is 12.7. The smallest absolute Gasteiger partial charge is 0.223 e. The first-order valence-corrected chi connectivity index (χ1v) is 7.39. The van der Waals surface area contributed by atoms with Crippen LogP contribution >= 0.6 is 0 Å². The van der Waals surface area contributed by atoms with Gasteiger partial charge in [-0.15, -0.1) is 0 Å². The Morgan fingerprint density at radius 3 is 2.95 bits per heavy atom. The summed E-state index contributed by atoms with van der Waals surface area (Å²) in [5.41, 5.74) is 5.84. The van der Waals surface area contributed by atoms with E-state index >= 15 is 0 Å². The number of nitrogens with zero attached hydrogens (tertiary/aromatic N) is 3. The molecule has 20 heavy (non-hydrogen) atoms. The second-order valence-electron chi connectivity index (χ2n) is 5.82. The standard InChI is InChI=1S/C14H26N6/c1-10(2)8-17-12-7-13(19-14(15)18-12)20-6-4-5-11(9-20)16-3/h7,10-11,16H,4-6,8-9H2,1-3H3,(H3,15,17,18,19). The fraction of sp³-hybridized carbons (Fsp3) is 0.714. The van der Waals surface area contributed by atoms with Gasteiger partial charge in [0, 0.05) is 31.7 Å². The Kier molecular flexibility index (Phi) is 5.00. The number of aromatic nitrogens is 2. The highest BCUT2D eigenvalue weighted by Gasteiger charge is 2.20. The molecule has 0 amide bonds. The van der Waals surface area contributed by atoms with Crippen LogP contribution in [0.4, 0.5) is 17.6 Å². The van der Waals surface area contributed by atoms with E-state index < -0.39 is 0 Å². The van der Waals surface area contributed by atoms with Crippen molar-refractivity contribution < 1.29 is 0 Å². The van der Waals surface area contributed by atoms with E-state index in [1.54, 1.807) is 0 Å². The van der Waals surface area contributed by atoms with E-state index in [2.05, 4.69) is 39.3 Å². The number of nitrogens with one attached hydrogen (secondary N) is 2. The molecule has 0 saturated carbocycles. The molecule has 2 rings (SSSR count). The lowest BCUT2D eigenvalue weighted by Gasteiger charge is -2.33. The Bertz CT molecular complexity index is 434. The minimum atomic E-state index is 0.334. The van der Waals surface area contributed by atoms with Crippen molar-refractivity contribution in [1.29, 1.82) is 0 Å². The summed E-state index contributed by atoms with van der Waals surface area (Å²) in [7, 11) is 2.01. The number of nitrogens with two attached hydrogens (primary N) is 1. The summed E-state index contributed by atoms with van der Waals surface area (Å²) in [6, 6.07) is 2.52. The second-order valence-corrected chi connectivity index (χ2v) is 5.82. The van der Waals surface area contributed by atoms with Crippen LogP contribution in [0.15, 0.2) is 6.07 Å². The zero-order chi connectivity index (χ0) is 14.5. The monoisotopic (exact) mass is 278 g/mol. The number of piperidine rings is 1. The van der Waals surface area contributed by atoms with Crippen LogP contribution in [-0.2, 0) is 0 Å². The Hall–Kier alpha value is -1.56. The molecule has 1 aromatic heterocycles. The molecule has 6 nitrogen and oxygen atoms in total. The Morgan fingerprint density at radius 1 is 1.45 bits per heavy atom. The summed E-state index contributed by atoms with van der Waals surface area (Å²) < 4.78 is 0. The third-order valence-corrected chi connectivity index (χ3v) is 3.57. The van der Waals surface area contributed by atoms with E-state index in [1.165, 1.54) is 12.8 Å². The first-order valence-electron chi connectivity index (χ1n) is 7.39. The average Bonchev–Trinajstić information content (AvgIpc) is 2.44. The molecule has 1 aliphatic rings. The maximum absolute atomic E-state index is 5.84. The van der Waals surface area contributed by atoms with Gasteiger partial charge in [0.1, 0.15) is 11.6 Å². The molecule has 6 heteroatoms. The predicted molar refractivity (Wildman–Crippen MR) is 84.1 cm³/mol. The minimum absolute atomic E-state index is 0.334. The van der Waals surface area contributed by atoms with Crippen molar-refractivity contribution in [3.8, 4) is 0 Å². The molecule has 2 heterocycles. The Morgan fingerprint density at radius 2 is 2.25 bits per heavy atom. The van der Waals surface area contributed by atoms with E-state index in [9.17, 15) is 0 Å². The van der Waals surface area contributed by atoms with Gasteiger partial charge < -0.3 is 21.3 Å². The van der Waals surface area contributed by atoms with Crippen molar-refractivity contribution >= 4 is 17.6 Å². The SMILES string of the molecule is CNC1CCCN(c2cc(NCC(C)C)nc(N)n2)C1. The predicted octanol–water partition coefficient (Wildman–Crippen LogP) is 1.31. The topological polar surface area (TPSA) is 79.1 Å². The van der Waals surface area contributed by atoms with E-state index in [-0.39, 0.29) is 0 Å². The van der Waals surface area contributed by atoms with Gasteiger partial charge in [0.25, 0.3) is 0 Å². The molecular weight excluding hydrogens is 252 g/mol. The molecule has 0 spiro atoms. The number of likely N-dealkylation sites (N-methyl/N-ethyl adjacent to an activating group) is 1. The van der Waals surface area contributed by atoms with Crippen LogP contribution in [0, 0.1) is 5.92 Å². The summed E-state index contributed by atoms with van der Waals surface area (Å²) in [6.07, 6.45) is 2.39. The molecule has 0 bridgehead atoms. The van der Waals surface area contributed by atoms with Crippen molar-refractivity contribution in [2.24, 2.45) is 5.92 Å². The van der Waals surface area contributed by atoms with Gasteiger partial charge in [0.15, 0.2) is 0 Å². The van der Waals surface area contributed by atoms with Crippen molar-refractivity contribution in [2.75, 3.05) is 42.6 Å². The average molecular weight is 278 g/mol. The maximum atomic E-state index is 5.84. The number of rotatable bonds is 5. The molecular formula is C14H26N6. The summed E-state index contributed by atoms with van der Waals surface area (Å²) in [4.78, 5) is 10.9. The number of anilines is 3. The Labute approximate surface area is 121 Å². The van der Waals surface area contributed by atoms with Crippen molar-refractivity contribution in [1.82, 2.24) is 15.3 Å². The van der Waals surface area contributed by atoms with E-state index in [4.69, 9.17) is 5.73 Å². The third-order valence-electron chi connectivity index (χ3n) is 3.57. The fourth-order valence-electron chi connectivity index (χ4n) is 2.43. The molecule has 1 unspecified atom stereocenters. The van der Waals surface area contributed by atoms with Gasteiger partial charge >= 0.3 is 0 Å². The lowest BCUT2D eigenvalue weighted by atomic mass is 10.1. The van der Waals surface area contributed by atoms with Crippen LogP contribution in [0.5, 0.6) is 0 Å². The third kappa shape index (κ3) is 3.96. The number of hydrogen-bond donors (Lipinski definition) is 3. The van der Waals surface area contributed by atoms with E-state index in [1.807, 2.05) is 13.1 Å². The van der Waals surface area contributed by atoms with Crippen LogP contribution in [0.3, 0.4) is 0 Å². The molecule has 1 saturated heterocycles. The highest BCUT2D eigenvalue weighted by Crippen LogP contribution is 2.21.